The van der Waals surface area contributed by atoms with E-state index >= 15 is 0 Å². The number of nitrogens with zero attached hydrogens (tertiary/aromatic N) is 2. The van der Waals surface area contributed by atoms with Crippen molar-refractivity contribution in [3.8, 4) is 0 Å². The molecule has 0 atom stereocenters. The Hall–Kier alpha value is -0.920. The van der Waals surface area contributed by atoms with Crippen molar-refractivity contribution in [1.82, 2.24) is 10.2 Å². The van der Waals surface area contributed by atoms with E-state index in [1.807, 2.05) is 11.4 Å². The highest BCUT2D eigenvalue weighted by atomic mass is 32.2. The van der Waals surface area contributed by atoms with Gasteiger partial charge in [0.15, 0.2) is 4.34 Å². The standard InChI is InChI=1S/C9H9N3OS3/c1-2-14-9-12-11-8(16-9)10-7(13)6-4-3-5-15-6/h3-5H,2H2,1H3,(H,10,11,13). The van der Waals surface area contributed by atoms with Crippen molar-refractivity contribution >= 4 is 45.5 Å². The first-order valence-corrected chi connectivity index (χ1v) is 7.29. The molecule has 0 aliphatic carbocycles. The van der Waals surface area contributed by atoms with Crippen LogP contribution in [0.2, 0.25) is 0 Å². The third-order valence-electron chi connectivity index (χ3n) is 1.64. The number of nitrogens with one attached hydrogen (secondary N) is 1. The molecule has 2 aromatic heterocycles. The maximum Gasteiger partial charge on any atom is 0.267 e. The van der Waals surface area contributed by atoms with Crippen LogP contribution in [0.3, 0.4) is 0 Å². The van der Waals surface area contributed by atoms with Crippen molar-refractivity contribution in [2.45, 2.75) is 11.3 Å². The molecule has 1 amide bonds. The van der Waals surface area contributed by atoms with Gasteiger partial charge < -0.3 is 0 Å². The summed E-state index contributed by atoms with van der Waals surface area (Å²) in [5.41, 5.74) is 0. The Bertz CT molecular complexity index is 466. The first-order chi connectivity index (χ1) is 7.79. The smallest absolute Gasteiger partial charge is 0.267 e. The lowest BCUT2D eigenvalue weighted by Gasteiger charge is -1.95. The van der Waals surface area contributed by atoms with Crippen molar-refractivity contribution < 1.29 is 4.79 Å². The normalized spacial score (nSPS) is 10.3. The second-order valence-electron chi connectivity index (χ2n) is 2.74. The molecule has 0 spiro atoms. The summed E-state index contributed by atoms with van der Waals surface area (Å²) in [7, 11) is 0. The molecule has 0 saturated heterocycles. The molecule has 0 unspecified atom stereocenters. The minimum Gasteiger partial charge on any atom is -0.296 e. The molecule has 0 bridgehead atoms. The highest BCUT2D eigenvalue weighted by Crippen LogP contribution is 2.25. The van der Waals surface area contributed by atoms with Gasteiger partial charge in [0.1, 0.15) is 0 Å². The van der Waals surface area contributed by atoms with E-state index in [4.69, 9.17) is 0 Å². The Morgan fingerprint density at radius 1 is 1.56 bits per heavy atom. The van der Waals surface area contributed by atoms with Crippen molar-refractivity contribution in [3.05, 3.63) is 22.4 Å². The SMILES string of the molecule is CCSc1nnc(NC(=O)c2cccs2)s1. The van der Waals surface area contributed by atoms with Gasteiger partial charge >= 0.3 is 0 Å². The summed E-state index contributed by atoms with van der Waals surface area (Å²) >= 11 is 4.42. The number of anilines is 1. The van der Waals surface area contributed by atoms with Crippen molar-refractivity contribution in [2.24, 2.45) is 0 Å². The second kappa shape index (κ2) is 5.42. The molecule has 1 N–H and O–H groups in total. The number of carbonyl (C=O) groups excluding carboxylic acids is 1. The van der Waals surface area contributed by atoms with Gasteiger partial charge in [0, 0.05) is 0 Å². The van der Waals surface area contributed by atoms with Crippen LogP contribution in [0.15, 0.2) is 21.9 Å². The Morgan fingerprint density at radius 3 is 3.12 bits per heavy atom. The Kier molecular flexibility index (Phi) is 3.92. The van der Waals surface area contributed by atoms with Crippen LogP contribution >= 0.6 is 34.4 Å². The van der Waals surface area contributed by atoms with E-state index < -0.39 is 0 Å². The predicted octanol–water partition coefficient (Wildman–Crippen LogP) is 2.96. The number of carbonyl (C=O) groups is 1. The third-order valence-corrected chi connectivity index (χ3v) is 4.36. The molecule has 2 heterocycles. The van der Waals surface area contributed by atoms with Gasteiger partial charge in [-0.1, -0.05) is 36.1 Å². The van der Waals surface area contributed by atoms with Crippen molar-refractivity contribution in [1.29, 1.82) is 0 Å². The van der Waals surface area contributed by atoms with Crippen LogP contribution in [-0.2, 0) is 0 Å². The van der Waals surface area contributed by atoms with E-state index in [1.165, 1.54) is 22.7 Å². The van der Waals surface area contributed by atoms with E-state index in [1.54, 1.807) is 17.8 Å². The van der Waals surface area contributed by atoms with Gasteiger partial charge in [-0.2, -0.15) is 0 Å². The molecule has 2 rings (SSSR count). The topological polar surface area (TPSA) is 54.9 Å². The minimum absolute atomic E-state index is 0.126. The van der Waals surface area contributed by atoms with Gasteiger partial charge in [-0.3, -0.25) is 10.1 Å². The van der Waals surface area contributed by atoms with Gasteiger partial charge in [-0.15, -0.1) is 21.5 Å². The minimum atomic E-state index is -0.126. The third kappa shape index (κ3) is 2.81. The van der Waals surface area contributed by atoms with Crippen LogP contribution in [0, 0.1) is 0 Å². The van der Waals surface area contributed by atoms with Crippen LogP contribution < -0.4 is 5.32 Å². The lowest BCUT2D eigenvalue weighted by atomic mass is 10.4. The maximum absolute atomic E-state index is 11.7. The highest BCUT2D eigenvalue weighted by Gasteiger charge is 2.10. The monoisotopic (exact) mass is 271 g/mol. The van der Waals surface area contributed by atoms with Gasteiger partial charge in [-0.25, -0.2) is 0 Å². The van der Waals surface area contributed by atoms with E-state index in [9.17, 15) is 4.79 Å². The summed E-state index contributed by atoms with van der Waals surface area (Å²) < 4.78 is 0.879. The molecule has 0 aliphatic heterocycles. The zero-order chi connectivity index (χ0) is 11.4. The van der Waals surface area contributed by atoms with Crippen molar-refractivity contribution in [2.75, 3.05) is 11.1 Å². The molecule has 2 aromatic rings. The van der Waals surface area contributed by atoms with Crippen LogP contribution in [0.4, 0.5) is 5.13 Å². The summed E-state index contributed by atoms with van der Waals surface area (Å²) in [5.74, 6) is 0.826. The van der Waals surface area contributed by atoms with Crippen molar-refractivity contribution in [3.63, 3.8) is 0 Å². The number of hydrogen-bond donors (Lipinski definition) is 1. The maximum atomic E-state index is 11.7. The average Bonchev–Trinajstić information content (AvgIpc) is 2.89. The van der Waals surface area contributed by atoms with E-state index in [0.717, 1.165) is 10.1 Å². The zero-order valence-corrected chi connectivity index (χ0v) is 10.9. The summed E-state index contributed by atoms with van der Waals surface area (Å²) in [4.78, 5) is 12.4. The molecule has 0 fully saturated rings. The molecular formula is C9H9N3OS3. The largest absolute Gasteiger partial charge is 0.296 e. The number of thioether (sulfide) groups is 1. The summed E-state index contributed by atoms with van der Waals surface area (Å²) in [5, 5.41) is 13.0. The first kappa shape index (κ1) is 11.6. The molecule has 0 radical (unpaired) electrons. The Labute approximate surface area is 105 Å². The molecule has 4 nitrogen and oxygen atoms in total. The summed E-state index contributed by atoms with van der Waals surface area (Å²) in [6, 6.07) is 3.63. The van der Waals surface area contributed by atoms with Crippen LogP contribution in [0.1, 0.15) is 16.6 Å². The second-order valence-corrected chi connectivity index (χ2v) is 6.17. The van der Waals surface area contributed by atoms with Gasteiger partial charge in [0.05, 0.1) is 4.88 Å². The van der Waals surface area contributed by atoms with E-state index in [0.29, 0.717) is 10.0 Å². The average molecular weight is 271 g/mol. The quantitative estimate of drug-likeness (QED) is 0.686. The molecule has 0 aromatic carbocycles. The lowest BCUT2D eigenvalue weighted by molar-refractivity contribution is 0.103. The number of rotatable bonds is 4. The van der Waals surface area contributed by atoms with E-state index in [-0.39, 0.29) is 5.91 Å². The van der Waals surface area contributed by atoms with Gasteiger partial charge in [-0.05, 0) is 17.2 Å². The van der Waals surface area contributed by atoms with Crippen LogP contribution in [0.5, 0.6) is 0 Å². The number of amides is 1. The molecule has 16 heavy (non-hydrogen) atoms. The molecule has 7 heteroatoms. The van der Waals surface area contributed by atoms with Gasteiger partial charge in [0.25, 0.3) is 5.91 Å². The first-order valence-electron chi connectivity index (χ1n) is 4.60. The number of aromatic nitrogens is 2. The fraction of sp³-hybridized carbons (Fsp3) is 0.222. The summed E-state index contributed by atoms with van der Waals surface area (Å²) in [6.45, 7) is 2.05. The predicted molar refractivity (Wildman–Crippen MR) is 68.6 cm³/mol. The Morgan fingerprint density at radius 2 is 2.44 bits per heavy atom. The number of hydrogen-bond acceptors (Lipinski definition) is 6. The zero-order valence-electron chi connectivity index (χ0n) is 8.47. The molecule has 84 valence electrons. The number of thiophene rings is 1. The highest BCUT2D eigenvalue weighted by molar-refractivity contribution is 8.01. The fourth-order valence-corrected chi connectivity index (χ4v) is 3.27. The van der Waals surface area contributed by atoms with Crippen LogP contribution in [-0.4, -0.2) is 21.9 Å². The van der Waals surface area contributed by atoms with Crippen LogP contribution in [0.25, 0.3) is 0 Å². The fourth-order valence-electron chi connectivity index (χ4n) is 1.01. The Balaban J connectivity index is 2.01. The summed E-state index contributed by atoms with van der Waals surface area (Å²) in [6.07, 6.45) is 0. The van der Waals surface area contributed by atoms with E-state index in [2.05, 4.69) is 22.4 Å². The molecule has 0 aliphatic rings. The molecule has 0 saturated carbocycles. The lowest BCUT2D eigenvalue weighted by Crippen LogP contribution is -2.09. The molecular weight excluding hydrogens is 262 g/mol. The van der Waals surface area contributed by atoms with Gasteiger partial charge in [0.2, 0.25) is 5.13 Å².